The van der Waals surface area contributed by atoms with Crippen LogP contribution in [0.2, 0.25) is 0 Å². The lowest BCUT2D eigenvalue weighted by atomic mass is 10.1. The van der Waals surface area contributed by atoms with Crippen LogP contribution in [-0.4, -0.2) is 52.3 Å². The number of carbonyl (C=O) groups excluding carboxylic acids is 3. The van der Waals surface area contributed by atoms with Crippen LogP contribution in [0.1, 0.15) is 38.5 Å². The van der Waals surface area contributed by atoms with Gasteiger partial charge in [0, 0.05) is 37.0 Å². The van der Waals surface area contributed by atoms with Gasteiger partial charge in [0.2, 0.25) is 0 Å². The Labute approximate surface area is 183 Å². The molecule has 10 heteroatoms. The molecule has 3 rings (SSSR count). The van der Waals surface area contributed by atoms with Gasteiger partial charge in [-0.2, -0.15) is 5.26 Å². The number of nitriles is 1. The van der Waals surface area contributed by atoms with Gasteiger partial charge >= 0.3 is 0 Å². The minimum atomic E-state index is -0.908. The number of halogens is 1. The van der Waals surface area contributed by atoms with Crippen molar-refractivity contribution in [3.8, 4) is 6.07 Å². The van der Waals surface area contributed by atoms with Gasteiger partial charge in [-0.05, 0) is 38.2 Å². The highest BCUT2D eigenvalue weighted by atomic mass is 19.1. The Bertz CT molecular complexity index is 1190. The monoisotopic (exact) mass is 439 g/mol. The fourth-order valence-electron chi connectivity index (χ4n) is 3.36. The zero-order chi connectivity index (χ0) is 23.6. The fraction of sp³-hybridized carbons (Fsp3) is 0.273. The summed E-state index contributed by atoms with van der Waals surface area (Å²) in [6, 6.07) is 6.57. The lowest BCUT2D eigenvalue weighted by Crippen LogP contribution is -2.37. The van der Waals surface area contributed by atoms with Crippen molar-refractivity contribution in [3.05, 3.63) is 64.1 Å². The van der Waals surface area contributed by atoms with Crippen LogP contribution >= 0.6 is 0 Å². The molecule has 1 aromatic heterocycles. The van der Waals surface area contributed by atoms with E-state index in [9.17, 15) is 23.9 Å². The molecule has 0 bridgehead atoms. The molecule has 1 aliphatic heterocycles. The van der Waals surface area contributed by atoms with E-state index < -0.39 is 23.4 Å². The third-order valence-electron chi connectivity index (χ3n) is 5.34. The highest BCUT2D eigenvalue weighted by Gasteiger charge is 2.26. The first-order chi connectivity index (χ1) is 15.1. The maximum Gasteiger partial charge on any atom is 0.296 e. The summed E-state index contributed by atoms with van der Waals surface area (Å²) in [5, 5.41) is 24.0. The van der Waals surface area contributed by atoms with Crippen molar-refractivity contribution in [1.82, 2.24) is 14.8 Å². The Morgan fingerprint density at radius 2 is 1.91 bits per heavy atom. The van der Waals surface area contributed by atoms with Crippen LogP contribution in [0.4, 0.5) is 10.1 Å². The van der Waals surface area contributed by atoms with Crippen LogP contribution in [0.3, 0.4) is 0 Å². The third-order valence-corrected chi connectivity index (χ3v) is 5.34. The first-order valence-electron chi connectivity index (χ1n) is 9.75. The summed E-state index contributed by atoms with van der Waals surface area (Å²) in [7, 11) is 3.39. The summed E-state index contributed by atoms with van der Waals surface area (Å²) < 4.78 is 14.9. The second-order valence-electron chi connectivity index (χ2n) is 7.54. The molecule has 9 nitrogen and oxygen atoms in total. The van der Waals surface area contributed by atoms with E-state index in [0.717, 1.165) is 6.07 Å². The summed E-state index contributed by atoms with van der Waals surface area (Å²) in [5.74, 6) is -3.05. The molecule has 0 saturated carbocycles. The van der Waals surface area contributed by atoms with Gasteiger partial charge in [0.05, 0.1) is 17.8 Å². The summed E-state index contributed by atoms with van der Waals surface area (Å²) >= 11 is 0. The molecule has 1 aliphatic rings. The molecule has 0 fully saturated rings. The number of likely N-dealkylation sites (N-methyl/N-ethyl adjacent to an activating group) is 1. The normalized spacial score (nSPS) is 14.1. The van der Waals surface area contributed by atoms with E-state index in [1.165, 1.54) is 22.8 Å². The Kier molecular flexibility index (Phi) is 6.41. The molecular formula is C22H22FN5O4. The zero-order valence-corrected chi connectivity index (χ0v) is 17.8. The number of aliphatic hydroxyl groups excluding tert-OH is 1. The van der Waals surface area contributed by atoms with Crippen molar-refractivity contribution >= 4 is 23.3 Å². The number of anilines is 1. The Morgan fingerprint density at radius 1 is 1.19 bits per heavy atom. The van der Waals surface area contributed by atoms with E-state index in [4.69, 9.17) is 5.26 Å². The van der Waals surface area contributed by atoms with Gasteiger partial charge in [0.15, 0.2) is 0 Å². The SMILES string of the molecule is Cc1c(C(=O)C(=O)NC2=C(O)CN(C)CC2)cc(C(=O)Nc2ccc(F)c(C#N)c2)n1C. The maximum absolute atomic E-state index is 13.5. The van der Waals surface area contributed by atoms with Gasteiger partial charge in [-0.25, -0.2) is 4.39 Å². The molecule has 0 radical (unpaired) electrons. The van der Waals surface area contributed by atoms with Gasteiger partial charge in [0.1, 0.15) is 23.3 Å². The van der Waals surface area contributed by atoms with Gasteiger partial charge in [-0.1, -0.05) is 0 Å². The number of hydrogen-bond donors (Lipinski definition) is 3. The molecule has 1 aromatic carbocycles. The van der Waals surface area contributed by atoms with Gasteiger partial charge in [0.25, 0.3) is 17.6 Å². The van der Waals surface area contributed by atoms with Crippen molar-refractivity contribution in [2.24, 2.45) is 7.05 Å². The summed E-state index contributed by atoms with van der Waals surface area (Å²) in [5.41, 5.74) is 0.834. The maximum atomic E-state index is 13.5. The van der Waals surface area contributed by atoms with Gasteiger partial charge in [-0.15, -0.1) is 0 Å². The Morgan fingerprint density at radius 3 is 2.56 bits per heavy atom. The lowest BCUT2D eigenvalue weighted by molar-refractivity contribution is -0.116. The van der Waals surface area contributed by atoms with Gasteiger partial charge in [-0.3, -0.25) is 19.3 Å². The van der Waals surface area contributed by atoms with E-state index in [2.05, 4.69) is 10.6 Å². The standard InChI is InChI=1S/C22H22FN5O4/c1-12-15(20(30)22(32)26-17-6-7-27(2)11-19(17)29)9-18(28(12)3)21(31)25-14-4-5-16(23)13(8-14)10-24/h4-5,8-9,29H,6-7,11H2,1-3H3,(H,25,31)(H,26,32). The van der Waals surface area contributed by atoms with Crippen LogP contribution in [0.5, 0.6) is 0 Å². The van der Waals surface area contributed by atoms with Crippen molar-refractivity contribution in [1.29, 1.82) is 5.26 Å². The number of aliphatic hydroxyl groups is 1. The number of aromatic nitrogens is 1. The Balaban J connectivity index is 1.79. The van der Waals surface area contributed by atoms with E-state index in [1.54, 1.807) is 20.0 Å². The molecule has 0 spiro atoms. The minimum Gasteiger partial charge on any atom is -0.509 e. The molecule has 3 N–H and O–H groups in total. The highest BCUT2D eigenvalue weighted by molar-refractivity contribution is 6.43. The highest BCUT2D eigenvalue weighted by Crippen LogP contribution is 2.19. The topological polar surface area (TPSA) is 127 Å². The lowest BCUT2D eigenvalue weighted by Gasteiger charge is -2.24. The number of carbonyl (C=O) groups is 3. The molecule has 0 saturated heterocycles. The van der Waals surface area contributed by atoms with Crippen molar-refractivity contribution in [2.45, 2.75) is 13.3 Å². The molecule has 2 heterocycles. The molecule has 0 aliphatic carbocycles. The molecule has 2 aromatic rings. The molecule has 166 valence electrons. The summed E-state index contributed by atoms with van der Waals surface area (Å²) in [6.45, 7) is 2.49. The molecule has 0 unspecified atom stereocenters. The van der Waals surface area contributed by atoms with Crippen molar-refractivity contribution in [2.75, 3.05) is 25.5 Å². The number of benzene rings is 1. The van der Waals surface area contributed by atoms with Crippen molar-refractivity contribution < 1.29 is 23.9 Å². The average Bonchev–Trinajstić information content (AvgIpc) is 3.05. The second-order valence-corrected chi connectivity index (χ2v) is 7.54. The predicted octanol–water partition coefficient (Wildman–Crippen LogP) is 2.00. The first kappa shape index (κ1) is 22.7. The first-order valence-corrected chi connectivity index (χ1v) is 9.75. The van der Waals surface area contributed by atoms with Crippen LogP contribution in [0, 0.1) is 24.1 Å². The van der Waals surface area contributed by atoms with Gasteiger partial charge < -0.3 is 20.3 Å². The summed E-state index contributed by atoms with van der Waals surface area (Å²) in [6.07, 6.45) is 0.394. The zero-order valence-electron chi connectivity index (χ0n) is 17.8. The molecule has 2 amide bonds. The van der Waals surface area contributed by atoms with Crippen molar-refractivity contribution in [3.63, 3.8) is 0 Å². The number of rotatable bonds is 5. The molecular weight excluding hydrogens is 417 g/mol. The third kappa shape index (κ3) is 4.53. The number of hydrogen-bond acceptors (Lipinski definition) is 6. The number of nitrogens with zero attached hydrogens (tertiary/aromatic N) is 3. The number of ketones is 1. The summed E-state index contributed by atoms with van der Waals surface area (Å²) in [4.78, 5) is 39.8. The van der Waals surface area contributed by atoms with E-state index >= 15 is 0 Å². The molecule has 0 atom stereocenters. The van der Waals surface area contributed by atoms with E-state index in [1.807, 2.05) is 11.9 Å². The minimum absolute atomic E-state index is 0.000728. The molecule has 32 heavy (non-hydrogen) atoms. The van der Waals surface area contributed by atoms with Crippen LogP contribution in [0.15, 0.2) is 35.7 Å². The van der Waals surface area contributed by atoms with E-state index in [0.29, 0.717) is 24.4 Å². The number of nitrogens with one attached hydrogen (secondary N) is 2. The number of amides is 2. The van der Waals surface area contributed by atoms with E-state index in [-0.39, 0.29) is 34.8 Å². The second kappa shape index (κ2) is 9.03. The van der Waals surface area contributed by atoms with Crippen LogP contribution in [-0.2, 0) is 11.8 Å². The van der Waals surface area contributed by atoms with Crippen LogP contribution in [0.25, 0.3) is 0 Å². The fourth-order valence-corrected chi connectivity index (χ4v) is 3.36. The predicted molar refractivity (Wildman–Crippen MR) is 113 cm³/mol. The van der Waals surface area contributed by atoms with Crippen LogP contribution < -0.4 is 10.6 Å². The largest absolute Gasteiger partial charge is 0.509 e. The quantitative estimate of drug-likeness (QED) is 0.483. The average molecular weight is 439 g/mol. The Hall–Kier alpha value is -3.97. The smallest absolute Gasteiger partial charge is 0.296 e. The number of Topliss-reactive ketones (excluding diaryl/α,β-unsaturated/α-hetero) is 1.